The normalized spacial score (nSPS) is 12.5. The molecule has 0 radical (unpaired) electrons. The third-order valence-electron chi connectivity index (χ3n) is 2.49. The predicted molar refractivity (Wildman–Crippen MR) is 62.6 cm³/mol. The van der Waals surface area contributed by atoms with Gasteiger partial charge in [0.15, 0.2) is 11.5 Å². The van der Waals surface area contributed by atoms with Gasteiger partial charge < -0.3 is 19.9 Å². The second-order valence-corrected chi connectivity index (χ2v) is 3.63. The molecule has 18 heavy (non-hydrogen) atoms. The molecule has 1 aromatic heterocycles. The summed E-state index contributed by atoms with van der Waals surface area (Å²) in [5, 5.41) is 0. The first-order valence-corrected chi connectivity index (χ1v) is 5.44. The van der Waals surface area contributed by atoms with Crippen LogP contribution < -0.4 is 19.9 Å². The molecule has 3 rings (SSSR count). The van der Waals surface area contributed by atoms with E-state index in [-0.39, 0.29) is 13.3 Å². The maximum absolute atomic E-state index is 5.64. The fraction of sp³-hybridized carbons (Fsp3) is 0.167. The van der Waals surface area contributed by atoms with Crippen LogP contribution in [0.2, 0.25) is 0 Å². The lowest BCUT2D eigenvalue weighted by molar-refractivity contribution is 0.174. The van der Waals surface area contributed by atoms with Gasteiger partial charge >= 0.3 is 0 Å². The van der Waals surface area contributed by atoms with Gasteiger partial charge in [0.25, 0.3) is 0 Å². The van der Waals surface area contributed by atoms with Crippen molar-refractivity contribution in [3.05, 3.63) is 36.3 Å². The van der Waals surface area contributed by atoms with Crippen molar-refractivity contribution >= 4 is 0 Å². The highest BCUT2D eigenvalue weighted by Gasteiger charge is 2.15. The van der Waals surface area contributed by atoms with E-state index in [1.807, 2.05) is 0 Å². The molecule has 92 valence electrons. The first kappa shape index (κ1) is 10.8. The third kappa shape index (κ3) is 1.93. The number of benzene rings is 1. The number of fused-ring (bicyclic) bond motifs is 1. The van der Waals surface area contributed by atoms with Crippen LogP contribution in [-0.4, -0.2) is 16.8 Å². The average Bonchev–Trinajstić information content (AvgIpc) is 2.87. The fourth-order valence-electron chi connectivity index (χ4n) is 1.63. The Morgan fingerprint density at radius 3 is 2.89 bits per heavy atom. The molecule has 1 aliphatic heterocycles. The molecule has 0 aliphatic carbocycles. The van der Waals surface area contributed by atoms with Crippen molar-refractivity contribution in [2.45, 2.75) is 6.54 Å². The predicted octanol–water partition coefficient (Wildman–Crippen LogP) is 1.46. The topological polar surface area (TPSA) is 79.5 Å². The molecule has 1 aromatic carbocycles. The van der Waals surface area contributed by atoms with Gasteiger partial charge in [0.2, 0.25) is 12.7 Å². The highest BCUT2D eigenvalue weighted by atomic mass is 16.7. The molecule has 6 nitrogen and oxygen atoms in total. The van der Waals surface area contributed by atoms with Gasteiger partial charge in [-0.05, 0) is 12.1 Å². The van der Waals surface area contributed by atoms with Crippen LogP contribution >= 0.6 is 0 Å². The standard InChI is InChI=1S/C12H11N3O3/c13-6-9-12(15-4-3-14-9)18-8-1-2-10-11(5-8)17-7-16-10/h1-5H,6-7,13H2. The van der Waals surface area contributed by atoms with Crippen molar-refractivity contribution in [1.29, 1.82) is 0 Å². The molecule has 6 heteroatoms. The van der Waals surface area contributed by atoms with Crippen LogP contribution in [0.25, 0.3) is 0 Å². The molecule has 0 bridgehead atoms. The number of nitrogens with zero attached hydrogens (tertiary/aromatic N) is 2. The van der Waals surface area contributed by atoms with Crippen LogP contribution in [0.4, 0.5) is 0 Å². The van der Waals surface area contributed by atoms with Crippen LogP contribution in [0.3, 0.4) is 0 Å². The molecule has 0 fully saturated rings. The minimum Gasteiger partial charge on any atom is -0.454 e. The van der Waals surface area contributed by atoms with E-state index in [1.54, 1.807) is 30.6 Å². The Bertz CT molecular complexity index is 574. The zero-order chi connectivity index (χ0) is 12.4. The van der Waals surface area contributed by atoms with Crippen LogP contribution in [0, 0.1) is 0 Å². The van der Waals surface area contributed by atoms with Gasteiger partial charge in [-0.1, -0.05) is 0 Å². The zero-order valence-electron chi connectivity index (χ0n) is 9.50. The largest absolute Gasteiger partial charge is 0.454 e. The number of hydrogen-bond acceptors (Lipinski definition) is 6. The molecule has 2 aromatic rings. The Morgan fingerprint density at radius 1 is 1.17 bits per heavy atom. The van der Waals surface area contributed by atoms with E-state index in [4.69, 9.17) is 19.9 Å². The Morgan fingerprint density at radius 2 is 2.00 bits per heavy atom. The highest BCUT2D eigenvalue weighted by Crippen LogP contribution is 2.36. The fourth-order valence-corrected chi connectivity index (χ4v) is 1.63. The van der Waals surface area contributed by atoms with E-state index in [9.17, 15) is 0 Å². The molecule has 0 atom stereocenters. The van der Waals surface area contributed by atoms with E-state index >= 15 is 0 Å². The minimum atomic E-state index is 0.234. The Kier molecular flexibility index (Phi) is 2.70. The van der Waals surface area contributed by atoms with Crippen LogP contribution in [-0.2, 0) is 6.54 Å². The summed E-state index contributed by atoms with van der Waals surface area (Å²) in [6.45, 7) is 0.506. The van der Waals surface area contributed by atoms with Crippen molar-refractivity contribution in [3.8, 4) is 23.1 Å². The number of ether oxygens (including phenoxy) is 3. The quantitative estimate of drug-likeness (QED) is 0.881. The minimum absolute atomic E-state index is 0.234. The summed E-state index contributed by atoms with van der Waals surface area (Å²) in [7, 11) is 0. The van der Waals surface area contributed by atoms with E-state index in [0.717, 1.165) is 0 Å². The molecule has 0 amide bonds. The second kappa shape index (κ2) is 4.50. The molecule has 0 saturated heterocycles. The number of hydrogen-bond donors (Lipinski definition) is 1. The first-order chi connectivity index (χ1) is 8.86. The molecule has 0 saturated carbocycles. The highest BCUT2D eigenvalue weighted by molar-refractivity contribution is 5.47. The molecular formula is C12H11N3O3. The van der Waals surface area contributed by atoms with Gasteiger partial charge in [-0.2, -0.15) is 0 Å². The third-order valence-corrected chi connectivity index (χ3v) is 2.49. The monoisotopic (exact) mass is 245 g/mol. The van der Waals surface area contributed by atoms with Crippen molar-refractivity contribution in [2.75, 3.05) is 6.79 Å². The summed E-state index contributed by atoms with van der Waals surface area (Å²) in [6.07, 6.45) is 3.14. The van der Waals surface area contributed by atoms with Gasteiger partial charge in [-0.3, -0.25) is 4.98 Å². The SMILES string of the molecule is NCc1nccnc1Oc1ccc2c(c1)OCO2. The van der Waals surface area contributed by atoms with Gasteiger partial charge in [-0.25, -0.2) is 4.98 Å². The second-order valence-electron chi connectivity index (χ2n) is 3.63. The van der Waals surface area contributed by atoms with E-state index < -0.39 is 0 Å². The lowest BCUT2D eigenvalue weighted by Gasteiger charge is -2.07. The summed E-state index contributed by atoms with van der Waals surface area (Å²) < 4.78 is 16.1. The molecule has 2 N–H and O–H groups in total. The number of aromatic nitrogens is 2. The molecule has 2 heterocycles. The average molecular weight is 245 g/mol. The van der Waals surface area contributed by atoms with Crippen molar-refractivity contribution < 1.29 is 14.2 Å². The summed E-state index contributed by atoms with van der Waals surface area (Å²) >= 11 is 0. The molecular weight excluding hydrogens is 234 g/mol. The van der Waals surface area contributed by atoms with Crippen LogP contribution in [0.5, 0.6) is 23.1 Å². The van der Waals surface area contributed by atoms with E-state index in [2.05, 4.69) is 9.97 Å². The number of nitrogens with two attached hydrogens (primary N) is 1. The summed E-state index contributed by atoms with van der Waals surface area (Å²) in [5.41, 5.74) is 6.17. The lowest BCUT2D eigenvalue weighted by atomic mass is 10.3. The van der Waals surface area contributed by atoms with Gasteiger partial charge in [0.05, 0.1) is 0 Å². The first-order valence-electron chi connectivity index (χ1n) is 5.44. The lowest BCUT2D eigenvalue weighted by Crippen LogP contribution is -2.03. The van der Waals surface area contributed by atoms with Gasteiger partial charge in [0, 0.05) is 25.0 Å². The Balaban J connectivity index is 1.88. The van der Waals surface area contributed by atoms with Crippen molar-refractivity contribution in [1.82, 2.24) is 9.97 Å². The Hall–Kier alpha value is -2.34. The molecule has 0 spiro atoms. The van der Waals surface area contributed by atoms with Crippen LogP contribution in [0.15, 0.2) is 30.6 Å². The van der Waals surface area contributed by atoms with Crippen LogP contribution in [0.1, 0.15) is 5.69 Å². The van der Waals surface area contributed by atoms with Gasteiger partial charge in [0.1, 0.15) is 11.4 Å². The summed E-state index contributed by atoms with van der Waals surface area (Å²) in [4.78, 5) is 8.20. The summed E-state index contributed by atoms with van der Waals surface area (Å²) in [6, 6.07) is 5.32. The van der Waals surface area contributed by atoms with Gasteiger partial charge in [-0.15, -0.1) is 0 Å². The number of rotatable bonds is 3. The van der Waals surface area contributed by atoms with Crippen molar-refractivity contribution in [3.63, 3.8) is 0 Å². The zero-order valence-corrected chi connectivity index (χ0v) is 9.50. The smallest absolute Gasteiger partial charge is 0.242 e. The maximum atomic E-state index is 5.64. The van der Waals surface area contributed by atoms with E-state index in [0.29, 0.717) is 28.8 Å². The molecule has 1 aliphatic rings. The maximum Gasteiger partial charge on any atom is 0.242 e. The van der Waals surface area contributed by atoms with E-state index in [1.165, 1.54) is 0 Å². The van der Waals surface area contributed by atoms with Crippen molar-refractivity contribution in [2.24, 2.45) is 5.73 Å². The Labute approximate surface area is 103 Å². The summed E-state index contributed by atoms with van der Waals surface area (Å²) in [5.74, 6) is 2.37. The molecule has 0 unspecified atom stereocenters.